The van der Waals surface area contributed by atoms with Crippen molar-refractivity contribution in [2.45, 2.75) is 38.5 Å². The van der Waals surface area contributed by atoms with Gasteiger partial charge in [-0.05, 0) is 48.2 Å². The normalized spacial score (nSPS) is 13.3. The fourth-order valence-corrected chi connectivity index (χ4v) is 3.17. The molecule has 2 heteroatoms. The Morgan fingerprint density at radius 1 is 1.00 bits per heavy atom. The van der Waals surface area contributed by atoms with E-state index < -0.39 is 0 Å². The molecule has 0 spiro atoms. The largest absolute Gasteiger partial charge is 0.207 e. The molecule has 0 aliphatic heterocycles. The van der Waals surface area contributed by atoms with Gasteiger partial charge in [0.15, 0.2) is 0 Å². The van der Waals surface area contributed by atoms with Gasteiger partial charge in [-0.15, -0.1) is 11.6 Å². The second kappa shape index (κ2) is 5.57. The molecule has 0 N–H and O–H groups in total. The third-order valence-electron chi connectivity index (χ3n) is 3.96. The van der Waals surface area contributed by atoms with E-state index in [0.717, 1.165) is 16.7 Å². The maximum Gasteiger partial charge on any atom is 0.123 e. The number of rotatable bonds is 3. The molecule has 2 rings (SSSR count). The molecule has 0 heterocycles. The lowest BCUT2D eigenvalue weighted by Crippen LogP contribution is -2.24. The van der Waals surface area contributed by atoms with E-state index in [1.165, 1.54) is 5.56 Å². The minimum atomic E-state index is -0.226. The molecule has 0 aliphatic rings. The van der Waals surface area contributed by atoms with Crippen LogP contribution in [0.15, 0.2) is 42.5 Å². The van der Waals surface area contributed by atoms with Crippen molar-refractivity contribution < 1.29 is 4.39 Å². The zero-order valence-electron chi connectivity index (χ0n) is 12.4. The minimum absolute atomic E-state index is 0.203. The van der Waals surface area contributed by atoms with E-state index in [9.17, 15) is 4.39 Å². The van der Waals surface area contributed by atoms with Crippen LogP contribution in [-0.2, 0) is 5.41 Å². The zero-order chi connectivity index (χ0) is 14.9. The van der Waals surface area contributed by atoms with Crippen molar-refractivity contribution in [3.05, 3.63) is 70.5 Å². The van der Waals surface area contributed by atoms with Crippen molar-refractivity contribution in [3.8, 4) is 0 Å². The molecule has 0 aromatic heterocycles. The molecule has 1 atom stereocenters. The van der Waals surface area contributed by atoms with Crippen LogP contribution < -0.4 is 0 Å². The fraction of sp³-hybridized carbons (Fsp3) is 0.333. The first-order chi connectivity index (χ1) is 9.34. The van der Waals surface area contributed by atoms with Gasteiger partial charge in [-0.3, -0.25) is 0 Å². The zero-order valence-corrected chi connectivity index (χ0v) is 13.1. The molecule has 0 bridgehead atoms. The Kier molecular flexibility index (Phi) is 4.19. The third kappa shape index (κ3) is 2.73. The van der Waals surface area contributed by atoms with Crippen LogP contribution in [0.2, 0.25) is 0 Å². The Balaban J connectivity index is 2.48. The summed E-state index contributed by atoms with van der Waals surface area (Å²) < 4.78 is 13.4. The predicted molar refractivity (Wildman–Crippen MR) is 83.9 cm³/mol. The quantitative estimate of drug-likeness (QED) is 0.636. The number of halogens is 2. The monoisotopic (exact) mass is 290 g/mol. The van der Waals surface area contributed by atoms with Crippen molar-refractivity contribution >= 4 is 11.6 Å². The molecule has 0 amide bonds. The lowest BCUT2D eigenvalue weighted by molar-refractivity contribution is 0.500. The Labute approximate surface area is 125 Å². The van der Waals surface area contributed by atoms with E-state index in [4.69, 9.17) is 11.6 Å². The SMILES string of the molecule is Cc1cc(F)cc(C)c1C(Cl)C(C)(C)c1ccccc1. The molecule has 2 aromatic rings. The molecule has 1 unspecified atom stereocenters. The summed E-state index contributed by atoms with van der Waals surface area (Å²) in [5.41, 5.74) is 3.80. The average Bonchev–Trinajstić information content (AvgIpc) is 2.38. The minimum Gasteiger partial charge on any atom is -0.207 e. The van der Waals surface area contributed by atoms with Crippen LogP contribution in [0, 0.1) is 19.7 Å². The van der Waals surface area contributed by atoms with Gasteiger partial charge in [0.2, 0.25) is 0 Å². The number of alkyl halides is 1. The molecular weight excluding hydrogens is 271 g/mol. The van der Waals surface area contributed by atoms with Gasteiger partial charge in [-0.2, -0.15) is 0 Å². The second-order valence-electron chi connectivity index (χ2n) is 5.90. The van der Waals surface area contributed by atoms with Crippen molar-refractivity contribution in [1.29, 1.82) is 0 Å². The maximum absolute atomic E-state index is 13.4. The summed E-state index contributed by atoms with van der Waals surface area (Å²) in [6.45, 7) is 8.09. The molecule has 2 aromatic carbocycles. The van der Waals surface area contributed by atoms with Crippen LogP contribution in [0.25, 0.3) is 0 Å². The Hall–Kier alpha value is -1.34. The first kappa shape index (κ1) is 15.1. The molecule has 0 saturated carbocycles. The Morgan fingerprint density at radius 2 is 1.50 bits per heavy atom. The number of benzene rings is 2. The van der Waals surface area contributed by atoms with Crippen molar-refractivity contribution in [2.24, 2.45) is 0 Å². The summed E-state index contributed by atoms with van der Waals surface area (Å²) in [5.74, 6) is -0.204. The van der Waals surface area contributed by atoms with Crippen molar-refractivity contribution in [3.63, 3.8) is 0 Å². The van der Waals surface area contributed by atoms with Crippen LogP contribution in [0.5, 0.6) is 0 Å². The standard InChI is InChI=1S/C18H20ClF/c1-12-10-15(20)11-13(2)16(12)17(19)18(3,4)14-8-6-5-7-9-14/h5-11,17H,1-4H3. The van der Waals surface area contributed by atoms with Crippen LogP contribution in [0.4, 0.5) is 4.39 Å². The van der Waals surface area contributed by atoms with Gasteiger partial charge in [-0.25, -0.2) is 4.39 Å². The Morgan fingerprint density at radius 3 is 2.00 bits per heavy atom. The number of hydrogen-bond donors (Lipinski definition) is 0. The van der Waals surface area contributed by atoms with Gasteiger partial charge < -0.3 is 0 Å². The van der Waals surface area contributed by atoms with E-state index in [2.05, 4.69) is 26.0 Å². The highest BCUT2D eigenvalue weighted by Gasteiger charge is 2.32. The summed E-state index contributed by atoms with van der Waals surface area (Å²) >= 11 is 6.77. The van der Waals surface area contributed by atoms with Gasteiger partial charge in [0.05, 0.1) is 5.38 Å². The molecule has 0 aliphatic carbocycles. The highest BCUT2D eigenvalue weighted by atomic mass is 35.5. The molecule has 0 radical (unpaired) electrons. The number of hydrogen-bond acceptors (Lipinski definition) is 0. The summed E-state index contributed by atoms with van der Waals surface area (Å²) in [6, 6.07) is 13.3. The molecule has 0 nitrogen and oxygen atoms in total. The molecule has 0 saturated heterocycles. The van der Waals surface area contributed by atoms with Crippen LogP contribution in [-0.4, -0.2) is 0 Å². The van der Waals surface area contributed by atoms with Gasteiger partial charge in [0, 0.05) is 5.41 Å². The summed E-state index contributed by atoms with van der Waals surface area (Å²) in [7, 11) is 0. The fourth-order valence-electron chi connectivity index (χ4n) is 2.70. The van der Waals surface area contributed by atoms with E-state index in [1.54, 1.807) is 12.1 Å². The second-order valence-corrected chi connectivity index (χ2v) is 6.34. The molecule has 106 valence electrons. The van der Waals surface area contributed by atoms with Crippen molar-refractivity contribution in [1.82, 2.24) is 0 Å². The smallest absolute Gasteiger partial charge is 0.123 e. The Bertz CT molecular complexity index is 579. The maximum atomic E-state index is 13.4. The predicted octanol–water partition coefficient (Wildman–Crippen LogP) is 5.70. The van der Waals surface area contributed by atoms with Crippen molar-refractivity contribution in [2.75, 3.05) is 0 Å². The summed E-state index contributed by atoms with van der Waals surface area (Å²) in [4.78, 5) is 0. The lowest BCUT2D eigenvalue weighted by Gasteiger charge is -2.33. The van der Waals surface area contributed by atoms with Crippen LogP contribution in [0.1, 0.15) is 41.5 Å². The average molecular weight is 291 g/mol. The van der Waals surface area contributed by atoms with Crippen LogP contribution in [0.3, 0.4) is 0 Å². The highest BCUT2D eigenvalue weighted by Crippen LogP contribution is 2.43. The first-order valence-electron chi connectivity index (χ1n) is 6.80. The van der Waals surface area contributed by atoms with Crippen LogP contribution >= 0.6 is 11.6 Å². The topological polar surface area (TPSA) is 0 Å². The lowest BCUT2D eigenvalue weighted by atomic mass is 9.77. The number of aryl methyl sites for hydroxylation is 2. The first-order valence-corrected chi connectivity index (χ1v) is 7.24. The van der Waals surface area contributed by atoms with Gasteiger partial charge in [-0.1, -0.05) is 44.2 Å². The molecule has 20 heavy (non-hydrogen) atoms. The van der Waals surface area contributed by atoms with Gasteiger partial charge >= 0.3 is 0 Å². The van der Waals surface area contributed by atoms with E-state index in [0.29, 0.717) is 0 Å². The van der Waals surface area contributed by atoms with Gasteiger partial charge in [0.1, 0.15) is 5.82 Å². The van der Waals surface area contributed by atoms with Gasteiger partial charge in [0.25, 0.3) is 0 Å². The summed E-state index contributed by atoms with van der Waals surface area (Å²) in [5, 5.41) is -0.203. The van der Waals surface area contributed by atoms with E-state index in [1.807, 2.05) is 32.0 Å². The summed E-state index contributed by atoms with van der Waals surface area (Å²) in [6.07, 6.45) is 0. The molecule has 0 fully saturated rings. The van der Waals surface area contributed by atoms with E-state index in [-0.39, 0.29) is 16.6 Å². The molecular formula is C18H20ClF. The van der Waals surface area contributed by atoms with E-state index >= 15 is 0 Å². The third-order valence-corrected chi connectivity index (χ3v) is 4.73. The highest BCUT2D eigenvalue weighted by molar-refractivity contribution is 6.22.